The molecular weight excluding hydrogens is 308 g/mol. The summed E-state index contributed by atoms with van der Waals surface area (Å²) in [5.41, 5.74) is 1.20. The lowest BCUT2D eigenvalue weighted by Gasteiger charge is -2.38. The number of hydrogen-bond acceptors (Lipinski definition) is 5. The fraction of sp³-hybridized carbons (Fsp3) is 0.765. The first-order chi connectivity index (χ1) is 11.5. The fourth-order valence-corrected chi connectivity index (χ4v) is 3.51. The van der Waals surface area contributed by atoms with Gasteiger partial charge in [-0.3, -0.25) is 14.4 Å². The molecule has 2 fully saturated rings. The Kier molecular flexibility index (Phi) is 5.22. The number of hydrogen-bond donors (Lipinski definition) is 0. The minimum atomic E-state index is -0.0583. The van der Waals surface area contributed by atoms with Gasteiger partial charge < -0.3 is 14.4 Å². The van der Waals surface area contributed by atoms with Crippen LogP contribution in [0.4, 0.5) is 0 Å². The van der Waals surface area contributed by atoms with Gasteiger partial charge in [0.15, 0.2) is 0 Å². The van der Waals surface area contributed by atoms with Crippen LogP contribution in [0.3, 0.4) is 0 Å². The van der Waals surface area contributed by atoms with Crippen LogP contribution in [-0.2, 0) is 27.9 Å². The van der Waals surface area contributed by atoms with Gasteiger partial charge in [-0.15, -0.1) is 0 Å². The highest BCUT2D eigenvalue weighted by molar-refractivity contribution is 5.76. The average molecular weight is 336 g/mol. The number of carbonyl (C=O) groups is 1. The van der Waals surface area contributed by atoms with Crippen molar-refractivity contribution in [1.82, 2.24) is 19.6 Å². The molecular formula is C17H28N4O3. The molecule has 1 atom stereocenters. The number of ether oxygens (including phenoxy) is 2. The maximum atomic E-state index is 11.6. The van der Waals surface area contributed by atoms with Gasteiger partial charge in [0.05, 0.1) is 24.5 Å². The summed E-state index contributed by atoms with van der Waals surface area (Å²) in [6, 6.07) is 0. The van der Waals surface area contributed by atoms with Crippen LogP contribution in [0, 0.1) is 0 Å². The second-order valence-corrected chi connectivity index (χ2v) is 7.22. The maximum Gasteiger partial charge on any atom is 0.248 e. The van der Waals surface area contributed by atoms with Crippen LogP contribution in [0.2, 0.25) is 0 Å². The molecule has 1 aromatic heterocycles. The predicted octanol–water partition coefficient (Wildman–Crippen LogP) is 0.648. The zero-order chi connectivity index (χ0) is 17.2. The minimum Gasteiger partial charge on any atom is -0.372 e. The van der Waals surface area contributed by atoms with E-state index in [1.807, 2.05) is 17.9 Å². The van der Waals surface area contributed by atoms with Gasteiger partial charge >= 0.3 is 0 Å². The Bertz CT molecular complexity index is 564. The normalized spacial score (nSPS) is 23.7. The monoisotopic (exact) mass is 336 g/mol. The summed E-state index contributed by atoms with van der Waals surface area (Å²) in [4.78, 5) is 15.6. The molecule has 7 heteroatoms. The third-order valence-corrected chi connectivity index (χ3v) is 5.05. The van der Waals surface area contributed by atoms with E-state index in [2.05, 4.69) is 16.2 Å². The summed E-state index contributed by atoms with van der Waals surface area (Å²) in [7, 11) is 5.44. The van der Waals surface area contributed by atoms with Gasteiger partial charge in [0.1, 0.15) is 6.61 Å². The Morgan fingerprint density at radius 2 is 2.21 bits per heavy atom. The lowest BCUT2D eigenvalue weighted by molar-refractivity contribution is -0.135. The Hall–Kier alpha value is -1.44. The Labute approximate surface area is 143 Å². The average Bonchev–Trinajstić information content (AvgIpc) is 3.14. The van der Waals surface area contributed by atoms with Crippen molar-refractivity contribution < 1.29 is 14.3 Å². The highest BCUT2D eigenvalue weighted by Crippen LogP contribution is 2.37. The molecule has 2 saturated heterocycles. The van der Waals surface area contributed by atoms with Gasteiger partial charge in [0.25, 0.3) is 0 Å². The van der Waals surface area contributed by atoms with Crippen molar-refractivity contribution in [3.05, 3.63) is 18.0 Å². The number of aryl methyl sites for hydroxylation is 1. The number of likely N-dealkylation sites (tertiary alicyclic amines) is 1. The topological polar surface area (TPSA) is 59.8 Å². The van der Waals surface area contributed by atoms with Gasteiger partial charge in [-0.1, -0.05) is 0 Å². The van der Waals surface area contributed by atoms with E-state index in [0.29, 0.717) is 6.61 Å². The number of piperidine rings is 1. The van der Waals surface area contributed by atoms with Crippen LogP contribution in [0.5, 0.6) is 0 Å². The highest BCUT2D eigenvalue weighted by Gasteiger charge is 2.43. The van der Waals surface area contributed by atoms with E-state index in [1.165, 1.54) is 5.56 Å². The summed E-state index contributed by atoms with van der Waals surface area (Å²) >= 11 is 0. The summed E-state index contributed by atoms with van der Waals surface area (Å²) in [6.07, 6.45) is 6.99. The number of amides is 1. The molecule has 0 N–H and O–H groups in total. The molecule has 7 nitrogen and oxygen atoms in total. The summed E-state index contributed by atoms with van der Waals surface area (Å²) in [6.45, 7) is 3.74. The Morgan fingerprint density at radius 3 is 2.83 bits per heavy atom. The van der Waals surface area contributed by atoms with E-state index in [9.17, 15) is 4.79 Å². The van der Waals surface area contributed by atoms with Gasteiger partial charge in [0.2, 0.25) is 5.91 Å². The zero-order valence-electron chi connectivity index (χ0n) is 14.9. The molecule has 24 heavy (non-hydrogen) atoms. The molecule has 0 aromatic carbocycles. The van der Waals surface area contributed by atoms with E-state index in [-0.39, 0.29) is 24.2 Å². The maximum absolute atomic E-state index is 11.6. The first-order valence-corrected chi connectivity index (χ1v) is 8.61. The van der Waals surface area contributed by atoms with Crippen molar-refractivity contribution in [3.63, 3.8) is 0 Å². The zero-order valence-corrected chi connectivity index (χ0v) is 14.9. The van der Waals surface area contributed by atoms with E-state index >= 15 is 0 Å². The van der Waals surface area contributed by atoms with E-state index in [4.69, 9.17) is 9.47 Å². The molecule has 0 saturated carbocycles. The fourth-order valence-electron chi connectivity index (χ4n) is 3.51. The van der Waals surface area contributed by atoms with Crippen LogP contribution in [0.1, 0.15) is 24.8 Å². The third kappa shape index (κ3) is 4.15. The Balaban J connectivity index is 1.43. The van der Waals surface area contributed by atoms with Crippen molar-refractivity contribution in [2.75, 3.05) is 40.4 Å². The van der Waals surface area contributed by atoms with Gasteiger partial charge in [0, 0.05) is 59.0 Å². The molecule has 0 aliphatic carbocycles. The van der Waals surface area contributed by atoms with E-state index in [1.54, 1.807) is 19.0 Å². The van der Waals surface area contributed by atoms with Gasteiger partial charge in [-0.05, 0) is 12.8 Å². The number of aromatic nitrogens is 2. The molecule has 134 valence electrons. The second-order valence-electron chi connectivity index (χ2n) is 7.22. The molecule has 3 heterocycles. The quantitative estimate of drug-likeness (QED) is 0.790. The molecule has 2 aliphatic rings. The Morgan fingerprint density at radius 1 is 1.46 bits per heavy atom. The molecule has 0 radical (unpaired) electrons. The van der Waals surface area contributed by atoms with Gasteiger partial charge in [-0.2, -0.15) is 5.10 Å². The first kappa shape index (κ1) is 17.4. The summed E-state index contributed by atoms with van der Waals surface area (Å²) in [5.74, 6) is 0.00207. The predicted molar refractivity (Wildman–Crippen MR) is 89.5 cm³/mol. The molecule has 2 aliphatic heterocycles. The molecule has 0 unspecified atom stereocenters. The van der Waals surface area contributed by atoms with Crippen LogP contribution in [0.25, 0.3) is 0 Å². The molecule has 1 aromatic rings. The standard InChI is InChI=1S/C17H28N4O3/c1-19(2)16(22)13-23-15-8-17(24-12-15)4-6-21(7-5-17)11-14-9-18-20(3)10-14/h9-10,15H,4-8,11-13H2,1-3H3/t15-/m0/s1. The minimum absolute atomic E-state index is 0.00207. The van der Waals surface area contributed by atoms with Crippen LogP contribution < -0.4 is 0 Å². The third-order valence-electron chi connectivity index (χ3n) is 5.05. The first-order valence-electron chi connectivity index (χ1n) is 8.61. The number of nitrogens with zero attached hydrogens (tertiary/aromatic N) is 4. The summed E-state index contributed by atoms with van der Waals surface area (Å²) in [5, 5.41) is 4.23. The van der Waals surface area contributed by atoms with Crippen LogP contribution in [-0.4, -0.2) is 77.6 Å². The van der Waals surface area contributed by atoms with Crippen molar-refractivity contribution in [3.8, 4) is 0 Å². The number of rotatable bonds is 5. The number of likely N-dealkylation sites (N-methyl/N-ethyl adjacent to an activating group) is 1. The number of carbonyl (C=O) groups excluding carboxylic acids is 1. The van der Waals surface area contributed by atoms with E-state index in [0.717, 1.165) is 38.9 Å². The molecule has 1 spiro atoms. The summed E-state index contributed by atoms with van der Waals surface area (Å²) < 4.78 is 13.7. The van der Waals surface area contributed by atoms with E-state index < -0.39 is 0 Å². The molecule has 0 bridgehead atoms. The van der Waals surface area contributed by atoms with Gasteiger partial charge in [-0.25, -0.2) is 0 Å². The van der Waals surface area contributed by atoms with Crippen LogP contribution >= 0.6 is 0 Å². The van der Waals surface area contributed by atoms with Crippen molar-refractivity contribution in [1.29, 1.82) is 0 Å². The van der Waals surface area contributed by atoms with Crippen LogP contribution in [0.15, 0.2) is 12.4 Å². The highest BCUT2D eigenvalue weighted by atomic mass is 16.6. The van der Waals surface area contributed by atoms with Crippen molar-refractivity contribution in [2.45, 2.75) is 37.5 Å². The SMILES string of the molecule is CN(C)C(=O)CO[C@@H]1COC2(CCN(Cc3cnn(C)c3)CC2)C1. The molecule has 1 amide bonds. The second kappa shape index (κ2) is 7.21. The smallest absolute Gasteiger partial charge is 0.248 e. The van der Waals surface area contributed by atoms with Crippen molar-refractivity contribution in [2.24, 2.45) is 7.05 Å². The molecule has 3 rings (SSSR count). The van der Waals surface area contributed by atoms with Crippen molar-refractivity contribution >= 4 is 5.91 Å². The lowest BCUT2D eigenvalue weighted by Crippen LogP contribution is -2.44. The lowest BCUT2D eigenvalue weighted by atomic mass is 9.88. The largest absolute Gasteiger partial charge is 0.372 e.